The third-order valence-electron chi connectivity index (χ3n) is 6.54. The third-order valence-corrected chi connectivity index (χ3v) is 6.76. The van der Waals surface area contributed by atoms with Gasteiger partial charge in [0.2, 0.25) is 0 Å². The van der Waals surface area contributed by atoms with Gasteiger partial charge in [0.05, 0.1) is 12.5 Å². The molecule has 6 heteroatoms. The number of hydrogen-bond acceptors (Lipinski definition) is 4. The number of benzene rings is 1. The normalized spacial score (nSPS) is 35.3. The number of carbonyl (C=O) groups is 2. The molecule has 0 unspecified atom stereocenters. The first-order valence-corrected chi connectivity index (χ1v) is 8.81. The number of hydrogen-bond donors (Lipinski definition) is 0. The zero-order valence-corrected chi connectivity index (χ0v) is 14.1. The zero-order chi connectivity index (χ0) is 16.6. The molecule has 0 N–H and O–H groups in total. The molecule has 0 aromatic heterocycles. The van der Waals surface area contributed by atoms with Gasteiger partial charge in [0.1, 0.15) is 0 Å². The predicted octanol–water partition coefficient (Wildman–Crippen LogP) is 2.66. The molecule has 1 aromatic rings. The van der Waals surface area contributed by atoms with E-state index >= 15 is 0 Å². The minimum absolute atomic E-state index is 0.0507. The molecule has 1 aromatic carbocycles. The van der Waals surface area contributed by atoms with Gasteiger partial charge in [0.15, 0.2) is 23.4 Å². The van der Waals surface area contributed by atoms with E-state index in [1.165, 1.54) is 0 Å². The molecule has 2 aliphatic carbocycles. The number of methoxy groups -OCH3 is 1. The van der Waals surface area contributed by atoms with Gasteiger partial charge in [-0.2, -0.15) is 0 Å². The first kappa shape index (κ1) is 14.6. The molecule has 5 rings (SSSR count). The van der Waals surface area contributed by atoms with Crippen LogP contribution in [0.1, 0.15) is 30.4 Å². The SMILES string of the molecule is COc1ccc2c3c1O[C@H]1C(=O)CC[C@H]4[C@@H](C2)N(C(=O)Cl)CC[C@]314. The van der Waals surface area contributed by atoms with Crippen LogP contribution >= 0.6 is 11.6 Å². The molecule has 24 heavy (non-hydrogen) atoms. The molecule has 4 aliphatic rings. The van der Waals surface area contributed by atoms with E-state index in [1.54, 1.807) is 12.0 Å². The Kier molecular flexibility index (Phi) is 2.83. The topological polar surface area (TPSA) is 55.8 Å². The van der Waals surface area contributed by atoms with Crippen molar-refractivity contribution in [2.45, 2.75) is 43.2 Å². The van der Waals surface area contributed by atoms with Crippen molar-refractivity contribution in [1.29, 1.82) is 0 Å². The second-order valence-electron chi connectivity index (χ2n) is 7.25. The van der Waals surface area contributed by atoms with Crippen LogP contribution in [0.3, 0.4) is 0 Å². The van der Waals surface area contributed by atoms with E-state index in [1.807, 2.05) is 6.07 Å². The summed E-state index contributed by atoms with van der Waals surface area (Å²) in [6.45, 7) is 0.576. The first-order chi connectivity index (χ1) is 11.6. The van der Waals surface area contributed by atoms with Crippen LogP contribution in [0.15, 0.2) is 12.1 Å². The molecule has 2 fully saturated rings. The Hall–Kier alpha value is -1.75. The van der Waals surface area contributed by atoms with Crippen molar-refractivity contribution in [3.05, 3.63) is 23.3 Å². The number of amides is 1. The maximum absolute atomic E-state index is 12.7. The molecular formula is C18H18ClNO4. The van der Waals surface area contributed by atoms with Crippen molar-refractivity contribution in [1.82, 2.24) is 4.90 Å². The number of rotatable bonds is 1. The van der Waals surface area contributed by atoms with Crippen LogP contribution in [0, 0.1) is 5.92 Å². The third kappa shape index (κ3) is 1.52. The van der Waals surface area contributed by atoms with Gasteiger partial charge in [0.25, 0.3) is 0 Å². The van der Waals surface area contributed by atoms with Crippen LogP contribution in [0.25, 0.3) is 0 Å². The highest BCUT2D eigenvalue weighted by Gasteiger charge is 2.66. The lowest BCUT2D eigenvalue weighted by atomic mass is 9.51. The second-order valence-corrected chi connectivity index (χ2v) is 7.57. The lowest BCUT2D eigenvalue weighted by Gasteiger charge is -2.57. The average molecular weight is 348 g/mol. The lowest BCUT2D eigenvalue weighted by molar-refractivity contribution is -0.137. The van der Waals surface area contributed by atoms with Gasteiger partial charge in [-0.05, 0) is 48.4 Å². The number of likely N-dealkylation sites (tertiary alicyclic amines) is 1. The summed E-state index contributed by atoms with van der Waals surface area (Å²) in [5.41, 5.74) is 2.00. The second kappa shape index (κ2) is 4.66. The fourth-order valence-corrected chi connectivity index (χ4v) is 5.91. The van der Waals surface area contributed by atoms with Crippen LogP contribution in [0.2, 0.25) is 0 Å². The molecule has 4 atom stereocenters. The van der Waals surface area contributed by atoms with Gasteiger partial charge < -0.3 is 14.4 Å². The molecule has 5 nitrogen and oxygen atoms in total. The van der Waals surface area contributed by atoms with Crippen molar-refractivity contribution >= 4 is 22.8 Å². The minimum Gasteiger partial charge on any atom is -0.493 e. The Morgan fingerprint density at radius 3 is 3.04 bits per heavy atom. The van der Waals surface area contributed by atoms with Crippen molar-refractivity contribution in [2.24, 2.45) is 5.92 Å². The van der Waals surface area contributed by atoms with Crippen LogP contribution < -0.4 is 9.47 Å². The number of halogens is 1. The van der Waals surface area contributed by atoms with Gasteiger partial charge in [-0.15, -0.1) is 0 Å². The average Bonchev–Trinajstić information content (AvgIpc) is 2.90. The summed E-state index contributed by atoms with van der Waals surface area (Å²) in [4.78, 5) is 26.4. The number of ketones is 1. The van der Waals surface area contributed by atoms with E-state index in [2.05, 4.69) is 6.07 Å². The Bertz CT molecular complexity index is 779. The Balaban J connectivity index is 1.77. The summed E-state index contributed by atoms with van der Waals surface area (Å²) < 4.78 is 11.7. The van der Waals surface area contributed by atoms with Crippen molar-refractivity contribution in [3.8, 4) is 11.5 Å². The summed E-state index contributed by atoms with van der Waals surface area (Å²) >= 11 is 5.85. The van der Waals surface area contributed by atoms with Gasteiger partial charge >= 0.3 is 5.37 Å². The van der Waals surface area contributed by atoms with Gasteiger partial charge in [-0.25, -0.2) is 0 Å². The molecule has 1 saturated heterocycles. The highest BCUT2D eigenvalue weighted by Crippen LogP contribution is 2.63. The predicted molar refractivity (Wildman–Crippen MR) is 86.9 cm³/mol. The van der Waals surface area contributed by atoms with E-state index in [0.29, 0.717) is 18.7 Å². The van der Waals surface area contributed by atoms with Gasteiger partial charge in [-0.1, -0.05) is 6.07 Å². The Morgan fingerprint density at radius 1 is 1.46 bits per heavy atom. The standard InChI is InChI=1S/C18H18ClNO4/c1-23-13-5-2-9-8-11-10-3-4-12(21)16-18(10,14(9)15(13)24-16)6-7-20(11)17(19)22/h2,5,10-11,16H,3-4,6-8H2,1H3/t10-,11+,16-,18-/m0/s1. The molecule has 1 spiro atoms. The van der Waals surface area contributed by atoms with Crippen molar-refractivity contribution in [2.75, 3.05) is 13.7 Å². The first-order valence-electron chi connectivity index (χ1n) is 8.43. The number of piperidine rings is 1. The molecule has 2 heterocycles. The maximum atomic E-state index is 12.7. The number of nitrogens with zero attached hydrogens (tertiary/aromatic N) is 1. The smallest absolute Gasteiger partial charge is 0.316 e. The summed E-state index contributed by atoms with van der Waals surface area (Å²) in [5.74, 6) is 1.82. The van der Waals surface area contributed by atoms with E-state index in [4.69, 9.17) is 21.1 Å². The highest BCUT2D eigenvalue weighted by atomic mass is 35.5. The Morgan fingerprint density at radius 2 is 2.29 bits per heavy atom. The monoisotopic (exact) mass is 347 g/mol. The van der Waals surface area contributed by atoms with E-state index in [9.17, 15) is 9.59 Å². The minimum atomic E-state index is -0.448. The molecular weight excluding hydrogens is 330 g/mol. The lowest BCUT2D eigenvalue weighted by Crippen LogP contribution is -2.66. The maximum Gasteiger partial charge on any atom is 0.316 e. The van der Waals surface area contributed by atoms with E-state index in [0.717, 1.165) is 36.1 Å². The summed E-state index contributed by atoms with van der Waals surface area (Å²) in [6, 6.07) is 4.00. The van der Waals surface area contributed by atoms with Crippen LogP contribution in [0.5, 0.6) is 11.5 Å². The molecule has 1 amide bonds. The molecule has 0 radical (unpaired) electrons. The fourth-order valence-electron chi connectivity index (χ4n) is 5.70. The van der Waals surface area contributed by atoms with Crippen LogP contribution in [0.4, 0.5) is 4.79 Å². The van der Waals surface area contributed by atoms with Crippen LogP contribution in [-0.4, -0.2) is 41.8 Å². The highest BCUT2D eigenvalue weighted by molar-refractivity contribution is 6.62. The van der Waals surface area contributed by atoms with E-state index < -0.39 is 6.10 Å². The van der Waals surface area contributed by atoms with Crippen LogP contribution in [-0.2, 0) is 16.6 Å². The zero-order valence-electron chi connectivity index (χ0n) is 13.4. The number of Topliss-reactive ketones (excluding diaryl/α,β-unsaturated/α-hetero) is 1. The van der Waals surface area contributed by atoms with Crippen molar-refractivity contribution in [3.63, 3.8) is 0 Å². The fraction of sp³-hybridized carbons (Fsp3) is 0.556. The van der Waals surface area contributed by atoms with E-state index in [-0.39, 0.29) is 28.5 Å². The molecule has 1 saturated carbocycles. The number of carbonyl (C=O) groups excluding carboxylic acids is 2. The number of ether oxygens (including phenoxy) is 2. The van der Waals surface area contributed by atoms with Gasteiger partial charge in [-0.3, -0.25) is 9.59 Å². The summed E-state index contributed by atoms with van der Waals surface area (Å²) in [6.07, 6.45) is 2.33. The van der Waals surface area contributed by atoms with Crippen molar-refractivity contribution < 1.29 is 19.1 Å². The summed E-state index contributed by atoms with van der Waals surface area (Å²) in [7, 11) is 1.63. The Labute approximate surface area is 144 Å². The summed E-state index contributed by atoms with van der Waals surface area (Å²) in [5, 5.41) is -0.389. The molecule has 126 valence electrons. The largest absolute Gasteiger partial charge is 0.493 e. The van der Waals surface area contributed by atoms with Gasteiger partial charge in [0, 0.05) is 24.6 Å². The molecule has 2 bridgehead atoms. The quantitative estimate of drug-likeness (QED) is 0.579. The molecule has 2 aliphatic heterocycles.